The van der Waals surface area contributed by atoms with Gasteiger partial charge in [-0.05, 0) is 30.0 Å². The lowest BCUT2D eigenvalue weighted by Gasteiger charge is -2.34. The fourth-order valence-corrected chi connectivity index (χ4v) is 3.08. The zero-order chi connectivity index (χ0) is 18.5. The molecule has 25 heavy (non-hydrogen) atoms. The van der Waals surface area contributed by atoms with E-state index >= 15 is 0 Å². The van der Waals surface area contributed by atoms with E-state index in [1.54, 1.807) is 19.9 Å². The number of alkyl halides is 3. The number of benzene rings is 1. The molecule has 0 saturated heterocycles. The molecular weight excluding hydrogens is 359 g/mol. The second-order valence-corrected chi connectivity index (χ2v) is 8.06. The van der Waals surface area contributed by atoms with Crippen LogP contribution in [0.15, 0.2) is 23.4 Å². The predicted molar refractivity (Wildman–Crippen MR) is 85.7 cm³/mol. The van der Waals surface area contributed by atoms with Crippen molar-refractivity contribution in [2.75, 3.05) is 6.61 Å². The summed E-state index contributed by atoms with van der Waals surface area (Å²) in [5.74, 6) is 0.441. The molecule has 1 aromatic carbocycles. The minimum atomic E-state index is -5.82. The quantitative estimate of drug-likeness (QED) is 0.585. The van der Waals surface area contributed by atoms with Gasteiger partial charge in [0.2, 0.25) is 0 Å². The summed E-state index contributed by atoms with van der Waals surface area (Å²) in [7, 11) is -5.82. The molecule has 0 amide bonds. The molecule has 9 heteroatoms. The first-order valence-electron chi connectivity index (χ1n) is 7.57. The summed E-state index contributed by atoms with van der Waals surface area (Å²) >= 11 is 0. The van der Waals surface area contributed by atoms with Gasteiger partial charge in [0.05, 0.1) is 6.61 Å². The molecule has 0 aromatic heterocycles. The number of aryl methyl sites for hydroxylation is 1. The molecule has 0 bridgehead atoms. The fraction of sp³-hybridized carbons (Fsp3) is 0.438. The molecule has 0 N–H and O–H groups in total. The van der Waals surface area contributed by atoms with Gasteiger partial charge in [0.1, 0.15) is 11.5 Å². The Balaban J connectivity index is 2.14. The highest BCUT2D eigenvalue weighted by Crippen LogP contribution is 2.40. The maximum absolute atomic E-state index is 12.5. The lowest BCUT2D eigenvalue weighted by Crippen LogP contribution is -2.38. The molecule has 0 fully saturated rings. The number of oxime groups is 1. The Morgan fingerprint density at radius 3 is 2.68 bits per heavy atom. The SMILES string of the molecule is CC1(C)COc2ccc3c(c2C1=NOS(=O)(=O)C(F)(F)F)C=CCC3. The van der Waals surface area contributed by atoms with Crippen molar-refractivity contribution in [2.45, 2.75) is 32.2 Å². The van der Waals surface area contributed by atoms with Crippen molar-refractivity contribution >= 4 is 21.9 Å². The third-order valence-electron chi connectivity index (χ3n) is 4.14. The minimum absolute atomic E-state index is 0.116. The highest BCUT2D eigenvalue weighted by Gasteiger charge is 2.49. The van der Waals surface area contributed by atoms with Gasteiger partial charge in [-0.2, -0.15) is 21.6 Å². The summed E-state index contributed by atoms with van der Waals surface area (Å²) < 4.78 is 69.7. The maximum Gasteiger partial charge on any atom is 0.536 e. The highest BCUT2D eigenvalue weighted by atomic mass is 32.2. The monoisotopic (exact) mass is 375 g/mol. The van der Waals surface area contributed by atoms with Gasteiger partial charge in [-0.25, -0.2) is 0 Å². The number of nitrogens with zero attached hydrogens (tertiary/aromatic N) is 1. The van der Waals surface area contributed by atoms with Gasteiger partial charge >= 0.3 is 15.6 Å². The molecule has 3 rings (SSSR count). The number of allylic oxidation sites excluding steroid dienone is 1. The first-order chi connectivity index (χ1) is 11.5. The van der Waals surface area contributed by atoms with Gasteiger partial charge in [0.15, 0.2) is 0 Å². The number of ether oxygens (including phenoxy) is 1. The summed E-state index contributed by atoms with van der Waals surface area (Å²) in [6, 6.07) is 3.61. The third-order valence-corrected chi connectivity index (χ3v) is 4.98. The van der Waals surface area contributed by atoms with Crippen LogP contribution in [-0.2, 0) is 20.8 Å². The van der Waals surface area contributed by atoms with Gasteiger partial charge in [0.25, 0.3) is 0 Å². The summed E-state index contributed by atoms with van der Waals surface area (Å²) in [4.78, 5) is 0. The second kappa shape index (κ2) is 5.76. The fourth-order valence-electron chi connectivity index (χ4n) is 2.82. The Kier molecular flexibility index (Phi) is 4.09. The number of hydrogen-bond donors (Lipinski definition) is 0. The molecule has 0 atom stereocenters. The van der Waals surface area contributed by atoms with Crippen molar-refractivity contribution in [3.8, 4) is 5.75 Å². The van der Waals surface area contributed by atoms with Crippen LogP contribution in [0.4, 0.5) is 13.2 Å². The van der Waals surface area contributed by atoms with E-state index in [2.05, 4.69) is 9.44 Å². The van der Waals surface area contributed by atoms with E-state index in [0.29, 0.717) is 11.3 Å². The van der Waals surface area contributed by atoms with E-state index < -0.39 is 21.0 Å². The number of hydrogen-bond acceptors (Lipinski definition) is 5. The molecule has 1 aliphatic carbocycles. The Labute approximate surface area is 143 Å². The molecule has 5 nitrogen and oxygen atoms in total. The number of halogens is 3. The average Bonchev–Trinajstić information content (AvgIpc) is 2.52. The van der Waals surface area contributed by atoms with Gasteiger partial charge in [-0.3, -0.25) is 4.28 Å². The highest BCUT2D eigenvalue weighted by molar-refractivity contribution is 7.87. The molecule has 136 valence electrons. The zero-order valence-corrected chi connectivity index (χ0v) is 14.4. The van der Waals surface area contributed by atoms with Crippen molar-refractivity contribution < 1.29 is 30.6 Å². The molecule has 0 unspecified atom stereocenters. The number of rotatable bonds is 2. The molecule has 2 aliphatic rings. The molecule has 0 saturated carbocycles. The van der Waals surface area contributed by atoms with Crippen LogP contribution in [0.25, 0.3) is 6.08 Å². The molecule has 1 aromatic rings. The summed E-state index contributed by atoms with van der Waals surface area (Å²) in [6.07, 6.45) is 5.40. The average molecular weight is 375 g/mol. The Morgan fingerprint density at radius 1 is 1.28 bits per heavy atom. The van der Waals surface area contributed by atoms with Gasteiger partial charge in [0, 0.05) is 11.0 Å². The van der Waals surface area contributed by atoms with Crippen molar-refractivity contribution in [3.05, 3.63) is 34.9 Å². The van der Waals surface area contributed by atoms with Crippen LogP contribution in [-0.4, -0.2) is 26.2 Å². The van der Waals surface area contributed by atoms with E-state index in [1.165, 1.54) is 0 Å². The van der Waals surface area contributed by atoms with Crippen LogP contribution in [0.5, 0.6) is 5.75 Å². The first-order valence-corrected chi connectivity index (χ1v) is 8.98. The third kappa shape index (κ3) is 3.12. The minimum Gasteiger partial charge on any atom is -0.492 e. The second-order valence-electron chi connectivity index (χ2n) is 6.54. The smallest absolute Gasteiger partial charge is 0.492 e. The first kappa shape index (κ1) is 17.8. The lowest BCUT2D eigenvalue weighted by molar-refractivity contribution is -0.0541. The summed E-state index contributed by atoms with van der Waals surface area (Å²) in [6.45, 7) is 3.53. The largest absolute Gasteiger partial charge is 0.536 e. The maximum atomic E-state index is 12.5. The van der Waals surface area contributed by atoms with Crippen molar-refractivity contribution in [3.63, 3.8) is 0 Å². The van der Waals surface area contributed by atoms with Crippen molar-refractivity contribution in [1.29, 1.82) is 0 Å². The Hall–Kier alpha value is -2.03. The van der Waals surface area contributed by atoms with E-state index in [9.17, 15) is 21.6 Å². The van der Waals surface area contributed by atoms with Gasteiger partial charge < -0.3 is 4.74 Å². The molecule has 1 aliphatic heterocycles. The Bertz CT molecular complexity index is 870. The van der Waals surface area contributed by atoms with E-state index in [0.717, 1.165) is 24.0 Å². The Morgan fingerprint density at radius 2 is 2.00 bits per heavy atom. The topological polar surface area (TPSA) is 65.0 Å². The van der Waals surface area contributed by atoms with E-state index in [-0.39, 0.29) is 12.3 Å². The summed E-state index contributed by atoms with van der Waals surface area (Å²) in [5.41, 5.74) is -4.01. The predicted octanol–water partition coefficient (Wildman–Crippen LogP) is 3.63. The van der Waals surface area contributed by atoms with Crippen LogP contribution in [0, 0.1) is 5.41 Å². The number of fused-ring (bicyclic) bond motifs is 3. The van der Waals surface area contributed by atoms with Crippen LogP contribution >= 0.6 is 0 Å². The van der Waals surface area contributed by atoms with Crippen LogP contribution in [0.3, 0.4) is 0 Å². The standard InChI is InChI=1S/C16H16F3NO4S/c1-15(2)9-23-12-8-7-10-5-3-4-6-11(10)13(12)14(15)20-24-25(21,22)16(17,18)19/h4,6-8H,3,5,9H2,1-2H3. The van der Waals surface area contributed by atoms with Crippen LogP contribution < -0.4 is 4.74 Å². The normalized spacial score (nSPS) is 20.6. The van der Waals surface area contributed by atoms with Gasteiger partial charge in [-0.1, -0.05) is 37.2 Å². The zero-order valence-electron chi connectivity index (χ0n) is 13.6. The molecule has 0 spiro atoms. The van der Waals surface area contributed by atoms with E-state index in [1.807, 2.05) is 18.2 Å². The lowest BCUT2D eigenvalue weighted by atomic mass is 9.78. The van der Waals surface area contributed by atoms with Crippen LogP contribution in [0.2, 0.25) is 0 Å². The molecule has 1 heterocycles. The molecular formula is C16H16F3NO4S. The van der Waals surface area contributed by atoms with E-state index in [4.69, 9.17) is 4.74 Å². The van der Waals surface area contributed by atoms with Gasteiger partial charge in [-0.15, -0.1) is 0 Å². The molecule has 0 radical (unpaired) electrons. The van der Waals surface area contributed by atoms with Crippen molar-refractivity contribution in [1.82, 2.24) is 0 Å². The van der Waals surface area contributed by atoms with Crippen LogP contribution in [0.1, 0.15) is 37.0 Å². The summed E-state index contributed by atoms with van der Waals surface area (Å²) in [5, 5.41) is 3.42. The van der Waals surface area contributed by atoms with Crippen molar-refractivity contribution in [2.24, 2.45) is 10.6 Å².